The molecule has 3 aliphatic rings. The Morgan fingerprint density at radius 3 is 2.12 bits per heavy atom. The summed E-state index contributed by atoms with van der Waals surface area (Å²) in [5.74, 6) is 0.262. The molecule has 0 unspecified atom stereocenters. The van der Waals surface area contributed by atoms with Crippen molar-refractivity contribution in [3.8, 4) is 11.5 Å². The summed E-state index contributed by atoms with van der Waals surface area (Å²) >= 11 is 0. The first kappa shape index (κ1) is 15.2. The van der Waals surface area contributed by atoms with Crippen LogP contribution < -0.4 is 9.47 Å². The van der Waals surface area contributed by atoms with E-state index in [1.165, 1.54) is 0 Å². The van der Waals surface area contributed by atoms with E-state index in [2.05, 4.69) is 0 Å². The van der Waals surface area contributed by atoms with Gasteiger partial charge in [-0.05, 0) is 55.4 Å². The molecule has 4 rings (SSSR count). The van der Waals surface area contributed by atoms with Gasteiger partial charge < -0.3 is 9.47 Å². The van der Waals surface area contributed by atoms with E-state index >= 15 is 0 Å². The lowest BCUT2D eigenvalue weighted by molar-refractivity contribution is -0.148. The van der Waals surface area contributed by atoms with Crippen molar-refractivity contribution in [3.05, 3.63) is 24.3 Å². The molecule has 1 heterocycles. The molecule has 1 aromatic rings. The first-order chi connectivity index (χ1) is 11.6. The van der Waals surface area contributed by atoms with Crippen LogP contribution in [0.3, 0.4) is 0 Å². The minimum atomic E-state index is -0.603. The zero-order valence-corrected chi connectivity index (χ0v) is 13.4. The first-order valence-corrected chi connectivity index (χ1v) is 8.28. The normalized spacial score (nSPS) is 30.6. The number of imide groups is 1. The number of carbonyl (C=O) groups excluding carboxylic acids is 3. The van der Waals surface area contributed by atoms with Crippen molar-refractivity contribution in [2.75, 3.05) is 13.7 Å². The molecule has 1 aromatic carbocycles. The van der Waals surface area contributed by atoms with Gasteiger partial charge in [0, 0.05) is 0 Å². The smallest absolute Gasteiger partial charge is 0.331 e. The van der Waals surface area contributed by atoms with Gasteiger partial charge in [0.05, 0.1) is 18.9 Å². The second-order valence-electron chi connectivity index (χ2n) is 6.80. The quantitative estimate of drug-likeness (QED) is 0.477. The molecular weight excluding hydrogens is 310 g/mol. The number of rotatable bonds is 4. The van der Waals surface area contributed by atoms with Crippen LogP contribution in [0.25, 0.3) is 0 Å². The molecule has 1 saturated heterocycles. The van der Waals surface area contributed by atoms with Gasteiger partial charge in [-0.3, -0.25) is 14.5 Å². The van der Waals surface area contributed by atoms with Crippen molar-refractivity contribution in [2.24, 2.45) is 23.7 Å². The maximum absolute atomic E-state index is 12.5. The van der Waals surface area contributed by atoms with E-state index in [0.29, 0.717) is 23.3 Å². The Morgan fingerprint density at radius 2 is 1.58 bits per heavy atom. The summed E-state index contributed by atoms with van der Waals surface area (Å²) in [6, 6.07) is 6.58. The monoisotopic (exact) mass is 329 g/mol. The summed E-state index contributed by atoms with van der Waals surface area (Å²) in [5, 5.41) is 0. The molecule has 6 heteroatoms. The Kier molecular flexibility index (Phi) is 3.55. The van der Waals surface area contributed by atoms with Gasteiger partial charge in [0.15, 0.2) is 0 Å². The highest BCUT2D eigenvalue weighted by Gasteiger charge is 2.61. The second kappa shape index (κ2) is 5.61. The van der Waals surface area contributed by atoms with E-state index in [0.717, 1.165) is 24.2 Å². The highest BCUT2D eigenvalue weighted by molar-refractivity contribution is 6.07. The molecule has 2 bridgehead atoms. The van der Waals surface area contributed by atoms with Crippen LogP contribution in [-0.2, 0) is 14.4 Å². The third-order valence-corrected chi connectivity index (χ3v) is 5.60. The van der Waals surface area contributed by atoms with E-state index in [4.69, 9.17) is 9.47 Å². The minimum Gasteiger partial charge on any atom is -0.497 e. The van der Waals surface area contributed by atoms with E-state index in [1.54, 1.807) is 31.4 Å². The van der Waals surface area contributed by atoms with Gasteiger partial charge in [-0.15, -0.1) is 0 Å². The number of methoxy groups -OCH3 is 1. The number of nitrogens with zero attached hydrogens (tertiary/aromatic N) is 1. The summed E-state index contributed by atoms with van der Waals surface area (Å²) in [4.78, 5) is 38.3. The van der Waals surface area contributed by atoms with Crippen LogP contribution in [0.5, 0.6) is 11.5 Å². The molecule has 0 N–H and O–H groups in total. The zero-order valence-electron chi connectivity index (χ0n) is 13.4. The molecule has 4 atom stereocenters. The summed E-state index contributed by atoms with van der Waals surface area (Å²) in [6.07, 6.45) is 3.03. The van der Waals surface area contributed by atoms with E-state index in [9.17, 15) is 14.4 Å². The van der Waals surface area contributed by atoms with Crippen molar-refractivity contribution in [3.63, 3.8) is 0 Å². The summed E-state index contributed by atoms with van der Waals surface area (Å²) in [5.41, 5.74) is 0. The maximum Gasteiger partial charge on any atom is 0.331 e. The molecule has 0 radical (unpaired) electrons. The Labute approximate surface area is 139 Å². The number of likely N-dealkylation sites (tertiary alicyclic amines) is 1. The van der Waals surface area contributed by atoms with Crippen molar-refractivity contribution < 1.29 is 23.9 Å². The van der Waals surface area contributed by atoms with Crippen molar-refractivity contribution in [1.29, 1.82) is 0 Å². The fourth-order valence-electron chi connectivity index (χ4n) is 4.56. The molecule has 6 nitrogen and oxygen atoms in total. The largest absolute Gasteiger partial charge is 0.497 e. The Hall–Kier alpha value is -2.37. The average molecular weight is 329 g/mol. The number of fused-ring (bicyclic) bond motifs is 5. The average Bonchev–Trinajstić information content (AvgIpc) is 3.25. The predicted molar refractivity (Wildman–Crippen MR) is 83.2 cm³/mol. The fourth-order valence-corrected chi connectivity index (χ4v) is 4.56. The molecule has 126 valence electrons. The van der Waals surface area contributed by atoms with Crippen LogP contribution in [0.4, 0.5) is 0 Å². The van der Waals surface area contributed by atoms with Gasteiger partial charge in [0.1, 0.15) is 18.0 Å². The molecule has 0 spiro atoms. The van der Waals surface area contributed by atoms with Gasteiger partial charge in [-0.1, -0.05) is 0 Å². The molecule has 24 heavy (non-hydrogen) atoms. The van der Waals surface area contributed by atoms with Crippen LogP contribution in [-0.4, -0.2) is 36.3 Å². The van der Waals surface area contributed by atoms with Crippen LogP contribution >= 0.6 is 0 Å². The standard InChI is InChI=1S/C18H19NO5/c1-23-12-4-6-13(7-5-12)24-14(20)9-19-17(21)15-10-2-3-11(8-10)16(15)18(19)22/h4-7,10-11,15-16H,2-3,8-9H2,1H3/t10-,11+,15-,16-/m0/s1. The number of esters is 1. The van der Waals surface area contributed by atoms with Crippen LogP contribution in [0.15, 0.2) is 24.3 Å². The summed E-state index contributed by atoms with van der Waals surface area (Å²) in [7, 11) is 1.55. The Morgan fingerprint density at radius 1 is 1.04 bits per heavy atom. The highest BCUT2D eigenvalue weighted by Crippen LogP contribution is 2.56. The molecular formula is C18H19NO5. The summed E-state index contributed by atoms with van der Waals surface area (Å²) in [6.45, 7) is -0.309. The number of amides is 2. The van der Waals surface area contributed by atoms with Crippen LogP contribution in [0, 0.1) is 23.7 Å². The zero-order chi connectivity index (χ0) is 16.8. The van der Waals surface area contributed by atoms with Crippen LogP contribution in [0.2, 0.25) is 0 Å². The third kappa shape index (κ3) is 2.28. The fraction of sp³-hybridized carbons (Fsp3) is 0.500. The SMILES string of the molecule is COc1ccc(OC(=O)CN2C(=O)[C@H]3[C@@H]4CC[C@@H](C4)[C@@H]3C2=O)cc1. The lowest BCUT2D eigenvalue weighted by Gasteiger charge is -2.19. The van der Waals surface area contributed by atoms with Gasteiger partial charge in [-0.2, -0.15) is 0 Å². The third-order valence-electron chi connectivity index (χ3n) is 5.60. The molecule has 2 saturated carbocycles. The first-order valence-electron chi connectivity index (χ1n) is 8.28. The second-order valence-corrected chi connectivity index (χ2v) is 6.80. The van der Waals surface area contributed by atoms with Crippen molar-refractivity contribution in [2.45, 2.75) is 19.3 Å². The highest BCUT2D eigenvalue weighted by atomic mass is 16.5. The maximum atomic E-state index is 12.5. The molecule has 2 aliphatic carbocycles. The number of carbonyl (C=O) groups is 3. The molecule has 3 fully saturated rings. The molecule has 2 amide bonds. The number of hydrogen-bond donors (Lipinski definition) is 0. The van der Waals surface area contributed by atoms with Gasteiger partial charge in [-0.25, -0.2) is 4.79 Å². The number of hydrogen-bond acceptors (Lipinski definition) is 5. The van der Waals surface area contributed by atoms with Gasteiger partial charge in [0.2, 0.25) is 11.8 Å². The molecule has 1 aliphatic heterocycles. The number of ether oxygens (including phenoxy) is 2. The van der Waals surface area contributed by atoms with Gasteiger partial charge in [0.25, 0.3) is 0 Å². The lowest BCUT2D eigenvalue weighted by Crippen LogP contribution is -2.38. The summed E-state index contributed by atoms with van der Waals surface area (Å²) < 4.78 is 10.3. The Bertz CT molecular complexity index is 670. The van der Waals surface area contributed by atoms with E-state index in [-0.39, 0.29) is 30.2 Å². The van der Waals surface area contributed by atoms with Crippen LogP contribution in [0.1, 0.15) is 19.3 Å². The Balaban J connectivity index is 1.42. The minimum absolute atomic E-state index is 0.191. The van der Waals surface area contributed by atoms with Crippen molar-refractivity contribution in [1.82, 2.24) is 4.90 Å². The van der Waals surface area contributed by atoms with E-state index in [1.807, 2.05) is 0 Å². The van der Waals surface area contributed by atoms with Crippen molar-refractivity contribution >= 4 is 17.8 Å². The number of benzene rings is 1. The lowest BCUT2D eigenvalue weighted by atomic mass is 9.81. The van der Waals surface area contributed by atoms with Gasteiger partial charge >= 0.3 is 5.97 Å². The molecule has 0 aromatic heterocycles. The predicted octanol–water partition coefficient (Wildman–Crippen LogP) is 1.63. The topological polar surface area (TPSA) is 72.9 Å². The van der Waals surface area contributed by atoms with E-state index < -0.39 is 5.97 Å².